The maximum Gasteiger partial charge on any atom is 0.265 e. The Balaban J connectivity index is 2.20. The highest BCUT2D eigenvalue weighted by molar-refractivity contribution is 9.10. The standard InChI is InChI=1S/C12H16BrNO2S/c1-8(15)10-4-2-3-6-14(10)12(16)11-9(13)5-7-17-11/h5,7-8,10,15H,2-4,6H2,1H3/t8-,10-/m1/s1. The van der Waals surface area contributed by atoms with Gasteiger partial charge in [0.2, 0.25) is 0 Å². The first-order valence-corrected chi connectivity index (χ1v) is 7.50. The van der Waals surface area contributed by atoms with Gasteiger partial charge in [0.15, 0.2) is 0 Å². The highest BCUT2D eigenvalue weighted by atomic mass is 79.9. The number of carbonyl (C=O) groups is 1. The van der Waals surface area contributed by atoms with Crippen LogP contribution in [0, 0.1) is 0 Å². The Morgan fingerprint density at radius 1 is 1.65 bits per heavy atom. The van der Waals surface area contributed by atoms with Crippen molar-refractivity contribution in [3.63, 3.8) is 0 Å². The molecule has 5 heteroatoms. The van der Waals surface area contributed by atoms with E-state index < -0.39 is 6.10 Å². The van der Waals surface area contributed by atoms with Crippen molar-refractivity contribution >= 4 is 33.2 Å². The van der Waals surface area contributed by atoms with Crippen LogP contribution in [0.15, 0.2) is 15.9 Å². The molecule has 2 rings (SSSR count). The van der Waals surface area contributed by atoms with E-state index in [2.05, 4.69) is 15.9 Å². The number of likely N-dealkylation sites (tertiary alicyclic amines) is 1. The van der Waals surface area contributed by atoms with E-state index in [0.29, 0.717) is 0 Å². The first kappa shape index (κ1) is 13.1. The molecule has 0 unspecified atom stereocenters. The Bertz CT molecular complexity index is 405. The molecule has 1 aliphatic heterocycles. The van der Waals surface area contributed by atoms with Crippen molar-refractivity contribution in [2.75, 3.05) is 6.54 Å². The number of thiophene rings is 1. The molecule has 0 bridgehead atoms. The summed E-state index contributed by atoms with van der Waals surface area (Å²) in [6.07, 6.45) is 2.55. The van der Waals surface area contributed by atoms with Crippen LogP contribution in [-0.2, 0) is 0 Å². The van der Waals surface area contributed by atoms with E-state index in [1.165, 1.54) is 11.3 Å². The van der Waals surface area contributed by atoms with Crippen LogP contribution in [0.4, 0.5) is 0 Å². The summed E-state index contributed by atoms with van der Waals surface area (Å²) in [6.45, 7) is 2.51. The average molecular weight is 318 g/mol. The van der Waals surface area contributed by atoms with Crippen LogP contribution < -0.4 is 0 Å². The number of carbonyl (C=O) groups excluding carboxylic acids is 1. The van der Waals surface area contributed by atoms with Crippen LogP contribution in [0.25, 0.3) is 0 Å². The predicted octanol–water partition coefficient (Wildman–Crippen LogP) is 2.89. The topological polar surface area (TPSA) is 40.5 Å². The summed E-state index contributed by atoms with van der Waals surface area (Å²) in [5, 5.41) is 11.7. The average Bonchev–Trinajstić information content (AvgIpc) is 2.74. The van der Waals surface area contributed by atoms with Crippen molar-refractivity contribution in [3.05, 3.63) is 20.8 Å². The molecular formula is C12H16BrNO2S. The van der Waals surface area contributed by atoms with E-state index in [0.717, 1.165) is 35.2 Å². The Morgan fingerprint density at radius 2 is 2.41 bits per heavy atom. The second-order valence-corrected chi connectivity index (χ2v) is 6.17. The number of piperidine rings is 1. The zero-order valence-corrected chi connectivity index (χ0v) is 12.1. The molecule has 1 fully saturated rings. The second-order valence-electron chi connectivity index (χ2n) is 4.40. The number of rotatable bonds is 2. The number of hydrogen-bond donors (Lipinski definition) is 1. The van der Waals surface area contributed by atoms with Gasteiger partial charge in [-0.05, 0) is 53.6 Å². The number of aliphatic hydroxyl groups excluding tert-OH is 1. The number of hydrogen-bond acceptors (Lipinski definition) is 3. The van der Waals surface area contributed by atoms with Gasteiger partial charge in [-0.3, -0.25) is 4.79 Å². The number of nitrogens with zero attached hydrogens (tertiary/aromatic N) is 1. The fraction of sp³-hybridized carbons (Fsp3) is 0.583. The van der Waals surface area contributed by atoms with Crippen molar-refractivity contribution in [1.82, 2.24) is 4.90 Å². The summed E-state index contributed by atoms with van der Waals surface area (Å²) in [4.78, 5) is 14.9. The van der Waals surface area contributed by atoms with Crippen molar-refractivity contribution in [2.24, 2.45) is 0 Å². The van der Waals surface area contributed by atoms with Gasteiger partial charge in [0.1, 0.15) is 4.88 Å². The van der Waals surface area contributed by atoms with Crippen molar-refractivity contribution in [2.45, 2.75) is 38.3 Å². The zero-order chi connectivity index (χ0) is 12.4. The smallest absolute Gasteiger partial charge is 0.265 e. The van der Waals surface area contributed by atoms with Gasteiger partial charge in [0.05, 0.1) is 12.1 Å². The molecule has 1 amide bonds. The summed E-state index contributed by atoms with van der Waals surface area (Å²) in [6, 6.07) is 1.85. The van der Waals surface area contributed by atoms with Crippen LogP contribution in [-0.4, -0.2) is 34.6 Å². The lowest BCUT2D eigenvalue weighted by Gasteiger charge is -2.37. The second kappa shape index (κ2) is 5.50. The SMILES string of the molecule is C[C@@H](O)[C@H]1CCCCN1C(=O)c1sccc1Br. The molecule has 1 aromatic heterocycles. The number of amides is 1. The molecule has 0 aromatic carbocycles. The highest BCUT2D eigenvalue weighted by Gasteiger charge is 2.31. The van der Waals surface area contributed by atoms with Gasteiger partial charge in [-0.15, -0.1) is 11.3 Å². The maximum absolute atomic E-state index is 12.4. The lowest BCUT2D eigenvalue weighted by molar-refractivity contribution is 0.0284. The third-order valence-electron chi connectivity index (χ3n) is 3.18. The fourth-order valence-electron chi connectivity index (χ4n) is 2.29. The normalized spacial score (nSPS) is 22.5. The molecule has 3 nitrogen and oxygen atoms in total. The quantitative estimate of drug-likeness (QED) is 0.911. The van der Waals surface area contributed by atoms with Gasteiger partial charge in [-0.25, -0.2) is 0 Å². The van der Waals surface area contributed by atoms with Crippen LogP contribution in [0.5, 0.6) is 0 Å². The minimum Gasteiger partial charge on any atom is -0.391 e. The van der Waals surface area contributed by atoms with E-state index in [-0.39, 0.29) is 11.9 Å². The Labute approximate surface area is 114 Å². The molecular weight excluding hydrogens is 302 g/mol. The van der Waals surface area contributed by atoms with E-state index in [1.54, 1.807) is 6.92 Å². The highest BCUT2D eigenvalue weighted by Crippen LogP contribution is 2.28. The largest absolute Gasteiger partial charge is 0.391 e. The van der Waals surface area contributed by atoms with Crippen molar-refractivity contribution < 1.29 is 9.90 Å². The van der Waals surface area contributed by atoms with Gasteiger partial charge >= 0.3 is 0 Å². The predicted molar refractivity (Wildman–Crippen MR) is 72.4 cm³/mol. The first-order valence-electron chi connectivity index (χ1n) is 5.83. The Hall–Kier alpha value is -0.390. The lowest BCUT2D eigenvalue weighted by Crippen LogP contribution is -2.48. The molecule has 2 heterocycles. The third kappa shape index (κ3) is 2.72. The molecule has 1 saturated heterocycles. The fourth-order valence-corrected chi connectivity index (χ4v) is 3.78. The molecule has 1 aliphatic rings. The Kier molecular flexibility index (Phi) is 4.22. The molecule has 0 saturated carbocycles. The first-order chi connectivity index (χ1) is 8.11. The number of halogens is 1. The molecule has 94 valence electrons. The van der Waals surface area contributed by atoms with Gasteiger partial charge in [-0.2, -0.15) is 0 Å². The van der Waals surface area contributed by atoms with Gasteiger partial charge < -0.3 is 10.0 Å². The lowest BCUT2D eigenvalue weighted by atomic mass is 9.98. The molecule has 17 heavy (non-hydrogen) atoms. The summed E-state index contributed by atoms with van der Waals surface area (Å²) in [7, 11) is 0. The molecule has 1 aromatic rings. The third-order valence-corrected chi connectivity index (χ3v) is 5.00. The van der Waals surface area contributed by atoms with Crippen molar-refractivity contribution in [1.29, 1.82) is 0 Å². The van der Waals surface area contributed by atoms with Crippen LogP contribution >= 0.6 is 27.3 Å². The van der Waals surface area contributed by atoms with Crippen LogP contribution in [0.2, 0.25) is 0 Å². The molecule has 1 N–H and O–H groups in total. The van der Waals surface area contributed by atoms with Gasteiger partial charge in [0, 0.05) is 11.0 Å². The summed E-state index contributed by atoms with van der Waals surface area (Å²) in [5.41, 5.74) is 0. The molecule has 2 atom stereocenters. The summed E-state index contributed by atoms with van der Waals surface area (Å²) >= 11 is 4.84. The minimum atomic E-state index is -0.460. The molecule has 0 aliphatic carbocycles. The van der Waals surface area contributed by atoms with E-state index in [9.17, 15) is 9.90 Å². The number of aliphatic hydroxyl groups is 1. The molecule has 0 radical (unpaired) electrons. The van der Waals surface area contributed by atoms with Gasteiger partial charge in [-0.1, -0.05) is 0 Å². The van der Waals surface area contributed by atoms with Gasteiger partial charge in [0.25, 0.3) is 5.91 Å². The van der Waals surface area contributed by atoms with E-state index >= 15 is 0 Å². The van der Waals surface area contributed by atoms with E-state index in [4.69, 9.17) is 0 Å². The summed E-state index contributed by atoms with van der Waals surface area (Å²) < 4.78 is 0.849. The zero-order valence-electron chi connectivity index (χ0n) is 9.73. The summed E-state index contributed by atoms with van der Waals surface area (Å²) in [5.74, 6) is 0.0393. The van der Waals surface area contributed by atoms with E-state index in [1.807, 2.05) is 16.3 Å². The monoisotopic (exact) mass is 317 g/mol. The van der Waals surface area contributed by atoms with Crippen LogP contribution in [0.3, 0.4) is 0 Å². The maximum atomic E-state index is 12.4. The van der Waals surface area contributed by atoms with Crippen molar-refractivity contribution in [3.8, 4) is 0 Å². The Morgan fingerprint density at radius 3 is 3.00 bits per heavy atom. The molecule has 0 spiro atoms. The van der Waals surface area contributed by atoms with Crippen LogP contribution in [0.1, 0.15) is 35.9 Å². The minimum absolute atomic E-state index is 0.0368.